The van der Waals surface area contributed by atoms with Gasteiger partial charge in [0.15, 0.2) is 0 Å². The van der Waals surface area contributed by atoms with E-state index in [-0.39, 0.29) is 23.4 Å². The number of piperidine rings is 1. The fraction of sp³-hybridized carbons (Fsp3) is 0.393. The van der Waals surface area contributed by atoms with Crippen LogP contribution in [-0.4, -0.2) is 34.8 Å². The van der Waals surface area contributed by atoms with E-state index in [9.17, 15) is 9.59 Å². The molecule has 6 nitrogen and oxygen atoms in total. The third-order valence-electron chi connectivity index (χ3n) is 6.66. The summed E-state index contributed by atoms with van der Waals surface area (Å²) in [7, 11) is 0. The van der Waals surface area contributed by atoms with Crippen LogP contribution in [0.15, 0.2) is 71.5 Å². The molecule has 0 radical (unpaired) electrons. The van der Waals surface area contributed by atoms with Crippen molar-refractivity contribution in [1.82, 2.24) is 15.1 Å². The molecule has 6 heteroatoms. The highest BCUT2D eigenvalue weighted by molar-refractivity contribution is 5.79. The smallest absolute Gasteiger partial charge is 0.271 e. The second-order valence-corrected chi connectivity index (χ2v) is 9.16. The molecule has 178 valence electrons. The van der Waals surface area contributed by atoms with Crippen LogP contribution in [0.5, 0.6) is 0 Å². The average molecular weight is 459 g/mol. The Bertz CT molecular complexity index is 1130. The van der Waals surface area contributed by atoms with Crippen LogP contribution in [-0.2, 0) is 17.6 Å². The normalized spacial score (nSPS) is 15.2. The highest BCUT2D eigenvalue weighted by Crippen LogP contribution is 2.22. The topological polar surface area (TPSA) is 67.2 Å². The van der Waals surface area contributed by atoms with Crippen LogP contribution in [0, 0.1) is 5.92 Å². The van der Waals surface area contributed by atoms with Crippen LogP contribution in [0.2, 0.25) is 0 Å². The van der Waals surface area contributed by atoms with E-state index in [0.29, 0.717) is 0 Å². The summed E-state index contributed by atoms with van der Waals surface area (Å²) >= 11 is 0. The Morgan fingerprint density at radius 2 is 1.71 bits per heavy atom. The molecule has 0 aliphatic carbocycles. The lowest BCUT2D eigenvalue weighted by Crippen LogP contribution is -2.43. The van der Waals surface area contributed by atoms with Gasteiger partial charge in [0.2, 0.25) is 5.91 Å². The largest absolute Gasteiger partial charge is 0.355 e. The van der Waals surface area contributed by atoms with E-state index in [0.717, 1.165) is 56.7 Å². The molecular formula is C28H34N4O2. The molecule has 4 rings (SSSR count). The second kappa shape index (κ2) is 11.1. The lowest BCUT2D eigenvalue weighted by atomic mass is 9.95. The van der Waals surface area contributed by atoms with E-state index < -0.39 is 0 Å². The molecule has 2 heterocycles. The lowest BCUT2D eigenvalue weighted by Gasteiger charge is -2.32. The number of nitrogens with one attached hydrogen (secondary N) is 1. The van der Waals surface area contributed by atoms with Crippen molar-refractivity contribution >= 4 is 11.7 Å². The first-order valence-electron chi connectivity index (χ1n) is 12.3. The van der Waals surface area contributed by atoms with E-state index in [1.54, 1.807) is 12.1 Å². The number of nitrogens with zero attached hydrogens (tertiary/aromatic N) is 3. The number of hydrogen-bond donors (Lipinski definition) is 1. The van der Waals surface area contributed by atoms with Crippen molar-refractivity contribution in [3.05, 3.63) is 88.2 Å². The summed E-state index contributed by atoms with van der Waals surface area (Å²) in [4.78, 5) is 27.4. The highest BCUT2D eigenvalue weighted by Gasteiger charge is 2.26. The number of anilines is 1. The summed E-state index contributed by atoms with van der Waals surface area (Å²) in [6.45, 7) is 5.68. The minimum absolute atomic E-state index is 0.0166. The van der Waals surface area contributed by atoms with Crippen molar-refractivity contribution < 1.29 is 4.79 Å². The molecule has 1 N–H and O–H groups in total. The average Bonchev–Trinajstić information content (AvgIpc) is 2.88. The molecule has 2 aromatic carbocycles. The van der Waals surface area contributed by atoms with Gasteiger partial charge in [-0.3, -0.25) is 9.59 Å². The Hall–Kier alpha value is -3.41. The van der Waals surface area contributed by atoms with Gasteiger partial charge in [-0.25, -0.2) is 0 Å². The molecule has 0 saturated carbocycles. The molecule has 1 aliphatic rings. The Kier molecular flexibility index (Phi) is 7.78. The zero-order valence-electron chi connectivity index (χ0n) is 20.1. The summed E-state index contributed by atoms with van der Waals surface area (Å²) in [6.07, 6.45) is 4.41. The van der Waals surface area contributed by atoms with Crippen molar-refractivity contribution in [3.63, 3.8) is 0 Å². The molecule has 0 bridgehead atoms. The third-order valence-corrected chi connectivity index (χ3v) is 6.66. The quantitative estimate of drug-likeness (QED) is 0.551. The van der Waals surface area contributed by atoms with Gasteiger partial charge < -0.3 is 10.2 Å². The number of carbonyl (C=O) groups excluding carboxylic acids is 1. The van der Waals surface area contributed by atoms with Crippen LogP contribution in [0.1, 0.15) is 44.2 Å². The Labute approximate surface area is 201 Å². The number of rotatable bonds is 8. The van der Waals surface area contributed by atoms with E-state index in [2.05, 4.69) is 53.4 Å². The molecule has 1 saturated heterocycles. The summed E-state index contributed by atoms with van der Waals surface area (Å²) < 4.78 is 1.46. The van der Waals surface area contributed by atoms with Gasteiger partial charge in [-0.05, 0) is 68.4 Å². The summed E-state index contributed by atoms with van der Waals surface area (Å²) in [5.74, 6) is 0.936. The monoisotopic (exact) mass is 458 g/mol. The standard InChI is InChI=1S/C28H34N4O2/c1-3-22-11-13-25(14-12-22)32-27(33)16-15-26(30-32)31-19-17-24(18-20-31)28(34)29-21(2)9-10-23-7-5-4-6-8-23/h4-8,11-16,21,24H,3,9-10,17-20H2,1-2H3,(H,29,34)/t21-/m1/s1. The predicted molar refractivity (Wildman–Crippen MR) is 137 cm³/mol. The van der Waals surface area contributed by atoms with Crippen LogP contribution in [0.25, 0.3) is 5.69 Å². The van der Waals surface area contributed by atoms with Crippen molar-refractivity contribution in [2.75, 3.05) is 18.0 Å². The van der Waals surface area contributed by atoms with Gasteiger partial charge in [-0.1, -0.05) is 49.4 Å². The molecule has 0 unspecified atom stereocenters. The zero-order chi connectivity index (χ0) is 23.9. The van der Waals surface area contributed by atoms with Crippen LogP contribution in [0.4, 0.5) is 5.82 Å². The number of carbonyl (C=O) groups is 1. The fourth-order valence-electron chi connectivity index (χ4n) is 4.46. The summed E-state index contributed by atoms with van der Waals surface area (Å²) in [5.41, 5.74) is 3.14. The minimum Gasteiger partial charge on any atom is -0.355 e. The van der Waals surface area contributed by atoms with Crippen molar-refractivity contribution in [3.8, 4) is 5.69 Å². The third kappa shape index (κ3) is 5.93. The maximum atomic E-state index is 12.8. The van der Waals surface area contributed by atoms with Crippen molar-refractivity contribution in [2.45, 2.75) is 52.0 Å². The van der Waals surface area contributed by atoms with Gasteiger partial charge in [-0.2, -0.15) is 4.68 Å². The second-order valence-electron chi connectivity index (χ2n) is 9.16. The van der Waals surface area contributed by atoms with Crippen molar-refractivity contribution in [2.24, 2.45) is 5.92 Å². The number of hydrogen-bond acceptors (Lipinski definition) is 4. The number of amides is 1. The molecular weight excluding hydrogens is 424 g/mol. The molecule has 1 fully saturated rings. The number of aryl methyl sites for hydroxylation is 2. The molecule has 34 heavy (non-hydrogen) atoms. The van der Waals surface area contributed by atoms with Gasteiger partial charge in [0.1, 0.15) is 5.82 Å². The fourth-order valence-corrected chi connectivity index (χ4v) is 4.46. The molecule has 1 aromatic heterocycles. The zero-order valence-corrected chi connectivity index (χ0v) is 20.1. The molecule has 1 amide bonds. The lowest BCUT2D eigenvalue weighted by molar-refractivity contribution is -0.126. The summed E-state index contributed by atoms with van der Waals surface area (Å²) in [6, 6.07) is 21.8. The van der Waals surface area contributed by atoms with Crippen LogP contribution < -0.4 is 15.8 Å². The first-order chi connectivity index (χ1) is 16.5. The van der Waals surface area contributed by atoms with Crippen LogP contribution >= 0.6 is 0 Å². The molecule has 1 aliphatic heterocycles. The Morgan fingerprint density at radius 1 is 1.00 bits per heavy atom. The van der Waals surface area contributed by atoms with Crippen LogP contribution in [0.3, 0.4) is 0 Å². The number of aromatic nitrogens is 2. The van der Waals surface area contributed by atoms with Gasteiger partial charge in [0.05, 0.1) is 5.69 Å². The predicted octanol–water partition coefficient (Wildman–Crippen LogP) is 4.15. The Morgan fingerprint density at radius 3 is 2.38 bits per heavy atom. The minimum atomic E-state index is -0.147. The molecule has 0 spiro atoms. The van der Waals surface area contributed by atoms with Gasteiger partial charge in [0, 0.05) is 31.1 Å². The number of benzene rings is 2. The Balaban J connectivity index is 1.31. The summed E-state index contributed by atoms with van der Waals surface area (Å²) in [5, 5.41) is 7.83. The first kappa shape index (κ1) is 23.7. The van der Waals surface area contributed by atoms with E-state index >= 15 is 0 Å². The maximum absolute atomic E-state index is 12.8. The highest BCUT2D eigenvalue weighted by atomic mass is 16.2. The maximum Gasteiger partial charge on any atom is 0.271 e. The van der Waals surface area contributed by atoms with Crippen molar-refractivity contribution in [1.29, 1.82) is 0 Å². The van der Waals surface area contributed by atoms with Gasteiger partial charge in [-0.15, -0.1) is 5.10 Å². The van der Waals surface area contributed by atoms with E-state index in [1.165, 1.54) is 15.8 Å². The SMILES string of the molecule is CCc1ccc(-n2nc(N3CCC(C(=O)N[C@H](C)CCc4ccccc4)CC3)ccc2=O)cc1. The van der Waals surface area contributed by atoms with E-state index in [4.69, 9.17) is 0 Å². The van der Waals surface area contributed by atoms with E-state index in [1.807, 2.05) is 30.3 Å². The molecule has 3 aromatic rings. The molecule has 1 atom stereocenters. The van der Waals surface area contributed by atoms with Gasteiger partial charge >= 0.3 is 0 Å². The van der Waals surface area contributed by atoms with Gasteiger partial charge in [0.25, 0.3) is 5.56 Å². The first-order valence-corrected chi connectivity index (χ1v) is 12.3.